The first-order chi connectivity index (χ1) is 9.65. The van der Waals surface area contributed by atoms with Crippen LogP contribution in [0.4, 0.5) is 9.18 Å². The number of rotatable bonds is 10. The van der Waals surface area contributed by atoms with E-state index in [0.29, 0.717) is 12.1 Å². The molecule has 2 N–H and O–H groups in total. The number of ether oxygens (including phenoxy) is 1. The Morgan fingerprint density at radius 1 is 1.20 bits per heavy atom. The molecule has 0 atom stereocenters. The normalized spacial score (nSPS) is 10.7. The van der Waals surface area contributed by atoms with Gasteiger partial charge in [-0.3, -0.25) is 5.10 Å². The zero-order chi connectivity index (χ0) is 14.8. The number of halogens is 1. The van der Waals surface area contributed by atoms with Crippen molar-refractivity contribution in [3.63, 3.8) is 0 Å². The van der Waals surface area contributed by atoms with Gasteiger partial charge in [0.25, 0.3) is 5.88 Å². The van der Waals surface area contributed by atoms with Crippen LogP contribution in [0.1, 0.15) is 64.0 Å². The van der Waals surface area contributed by atoms with Crippen molar-refractivity contribution in [2.45, 2.75) is 64.7 Å². The van der Waals surface area contributed by atoms with Gasteiger partial charge < -0.3 is 9.84 Å². The third kappa shape index (κ3) is 6.04. The fourth-order valence-electron chi connectivity index (χ4n) is 2.10. The van der Waals surface area contributed by atoms with Gasteiger partial charge >= 0.3 is 6.16 Å². The second-order valence-electron chi connectivity index (χ2n) is 4.91. The molecule has 1 aromatic heterocycles. The van der Waals surface area contributed by atoms with Crippen molar-refractivity contribution in [2.24, 2.45) is 0 Å². The highest BCUT2D eigenvalue weighted by Gasteiger charge is 2.16. The Bertz CT molecular complexity index is 407. The molecular formula is C14H23FN2O3. The molecule has 20 heavy (non-hydrogen) atoms. The zero-order valence-corrected chi connectivity index (χ0v) is 12.0. The summed E-state index contributed by atoms with van der Waals surface area (Å²) in [6.45, 7) is 2.20. The molecule has 0 fully saturated rings. The fraction of sp³-hybridized carbons (Fsp3) is 0.714. The van der Waals surface area contributed by atoms with Crippen molar-refractivity contribution >= 4 is 6.16 Å². The van der Waals surface area contributed by atoms with Crippen LogP contribution in [0.15, 0.2) is 0 Å². The van der Waals surface area contributed by atoms with Crippen LogP contribution >= 0.6 is 0 Å². The smallest absolute Gasteiger partial charge is 0.449 e. The first-order valence-corrected chi connectivity index (χ1v) is 7.28. The second-order valence-corrected chi connectivity index (χ2v) is 4.91. The van der Waals surface area contributed by atoms with Crippen LogP contribution in [0.3, 0.4) is 0 Å². The topological polar surface area (TPSA) is 75.2 Å². The first-order valence-electron chi connectivity index (χ1n) is 7.28. The van der Waals surface area contributed by atoms with E-state index in [2.05, 4.69) is 21.9 Å². The number of carboxylic acid groups (broad SMARTS) is 1. The van der Waals surface area contributed by atoms with Gasteiger partial charge in [0.15, 0.2) is 0 Å². The van der Waals surface area contributed by atoms with Gasteiger partial charge in [0.2, 0.25) is 5.82 Å². The Kier molecular flexibility index (Phi) is 7.69. The Balaban J connectivity index is 2.16. The summed E-state index contributed by atoms with van der Waals surface area (Å²) in [7, 11) is 0. The highest BCUT2D eigenvalue weighted by Crippen LogP contribution is 2.19. The number of hydrogen-bond acceptors (Lipinski definition) is 3. The lowest BCUT2D eigenvalue weighted by Crippen LogP contribution is -2.04. The second kappa shape index (κ2) is 9.34. The van der Waals surface area contributed by atoms with Gasteiger partial charge in [-0.2, -0.15) is 4.39 Å². The standard InChI is InChI=1S/C14H23FN2O3/c1-2-3-4-5-6-7-8-9-10-11-12(15)13(17-16-11)20-14(18)19/h2-10H2,1H3,(H,16,17)(H,18,19). The third-order valence-electron chi connectivity index (χ3n) is 3.21. The van der Waals surface area contributed by atoms with E-state index in [1.807, 2.05) is 0 Å². The highest BCUT2D eigenvalue weighted by atomic mass is 19.1. The number of aromatic nitrogens is 2. The van der Waals surface area contributed by atoms with Gasteiger partial charge in [0.05, 0.1) is 5.69 Å². The molecule has 5 nitrogen and oxygen atoms in total. The molecule has 1 rings (SSSR count). The van der Waals surface area contributed by atoms with Crippen LogP contribution in [0.2, 0.25) is 0 Å². The predicted octanol–water partition coefficient (Wildman–Crippen LogP) is 4.29. The number of aryl methyl sites for hydroxylation is 1. The number of hydrogen-bond donors (Lipinski definition) is 2. The third-order valence-corrected chi connectivity index (χ3v) is 3.21. The fourth-order valence-corrected chi connectivity index (χ4v) is 2.10. The molecule has 6 heteroatoms. The summed E-state index contributed by atoms with van der Waals surface area (Å²) < 4.78 is 17.8. The molecule has 0 aliphatic heterocycles. The summed E-state index contributed by atoms with van der Waals surface area (Å²) >= 11 is 0. The molecule has 0 saturated heterocycles. The Labute approximate surface area is 118 Å². The Morgan fingerprint density at radius 3 is 2.40 bits per heavy atom. The molecule has 0 aliphatic carbocycles. The molecule has 0 aromatic carbocycles. The monoisotopic (exact) mass is 286 g/mol. The minimum absolute atomic E-state index is 0.312. The average Bonchev–Trinajstić information content (AvgIpc) is 2.74. The minimum Gasteiger partial charge on any atom is -0.449 e. The largest absolute Gasteiger partial charge is 0.512 e. The summed E-state index contributed by atoms with van der Waals surface area (Å²) in [4.78, 5) is 10.3. The number of nitrogens with one attached hydrogen (secondary N) is 1. The van der Waals surface area contributed by atoms with E-state index in [9.17, 15) is 9.18 Å². The van der Waals surface area contributed by atoms with Gasteiger partial charge in [0.1, 0.15) is 0 Å². The Morgan fingerprint density at radius 2 is 1.80 bits per heavy atom. The van der Waals surface area contributed by atoms with Crippen LogP contribution in [-0.4, -0.2) is 21.5 Å². The van der Waals surface area contributed by atoms with Gasteiger partial charge in [-0.05, 0) is 12.8 Å². The lowest BCUT2D eigenvalue weighted by molar-refractivity contribution is 0.140. The summed E-state index contributed by atoms with van der Waals surface area (Å²) in [5.41, 5.74) is 0.312. The molecule has 1 heterocycles. The lowest BCUT2D eigenvalue weighted by atomic mass is 10.1. The van der Waals surface area contributed by atoms with Crippen molar-refractivity contribution in [1.29, 1.82) is 0 Å². The molecule has 0 saturated carbocycles. The van der Waals surface area contributed by atoms with E-state index < -0.39 is 17.9 Å². The van der Waals surface area contributed by atoms with Crippen LogP contribution in [0.5, 0.6) is 5.88 Å². The molecule has 0 bridgehead atoms. The van der Waals surface area contributed by atoms with Gasteiger partial charge in [-0.15, -0.1) is 5.10 Å². The molecular weight excluding hydrogens is 263 g/mol. The molecule has 114 valence electrons. The van der Waals surface area contributed by atoms with Crippen molar-refractivity contribution in [3.05, 3.63) is 11.5 Å². The zero-order valence-electron chi connectivity index (χ0n) is 12.0. The summed E-state index contributed by atoms with van der Waals surface area (Å²) in [6, 6.07) is 0. The van der Waals surface area contributed by atoms with E-state index in [0.717, 1.165) is 19.3 Å². The van der Waals surface area contributed by atoms with Crippen LogP contribution in [-0.2, 0) is 6.42 Å². The van der Waals surface area contributed by atoms with E-state index in [1.165, 1.54) is 32.1 Å². The van der Waals surface area contributed by atoms with E-state index >= 15 is 0 Å². The first kappa shape index (κ1) is 16.5. The quantitative estimate of drug-likeness (QED) is 0.497. The summed E-state index contributed by atoms with van der Waals surface area (Å²) in [5.74, 6) is -1.19. The maximum atomic E-state index is 13.6. The van der Waals surface area contributed by atoms with Crippen molar-refractivity contribution in [3.8, 4) is 5.88 Å². The lowest BCUT2D eigenvalue weighted by Gasteiger charge is -2.01. The van der Waals surface area contributed by atoms with Crippen molar-refractivity contribution in [2.75, 3.05) is 0 Å². The van der Waals surface area contributed by atoms with Gasteiger partial charge in [0, 0.05) is 0 Å². The molecule has 0 radical (unpaired) electrons. The van der Waals surface area contributed by atoms with E-state index in [4.69, 9.17) is 5.11 Å². The molecule has 0 amide bonds. The number of nitrogens with zero attached hydrogens (tertiary/aromatic N) is 1. The van der Waals surface area contributed by atoms with E-state index in [-0.39, 0.29) is 0 Å². The summed E-state index contributed by atoms with van der Waals surface area (Å²) in [6.07, 6.45) is 8.34. The van der Waals surface area contributed by atoms with Crippen LogP contribution < -0.4 is 4.74 Å². The molecule has 1 aromatic rings. The predicted molar refractivity (Wildman–Crippen MR) is 73.5 cm³/mol. The van der Waals surface area contributed by atoms with Gasteiger partial charge in [-0.1, -0.05) is 51.9 Å². The molecule has 0 spiro atoms. The number of carbonyl (C=O) groups is 1. The number of H-pyrrole nitrogens is 1. The maximum Gasteiger partial charge on any atom is 0.512 e. The Hall–Kier alpha value is -1.59. The van der Waals surface area contributed by atoms with Crippen LogP contribution in [0.25, 0.3) is 0 Å². The average molecular weight is 286 g/mol. The van der Waals surface area contributed by atoms with Crippen molar-refractivity contribution in [1.82, 2.24) is 10.2 Å². The van der Waals surface area contributed by atoms with Gasteiger partial charge in [-0.25, -0.2) is 4.79 Å². The highest BCUT2D eigenvalue weighted by molar-refractivity contribution is 5.60. The minimum atomic E-state index is -1.56. The van der Waals surface area contributed by atoms with Crippen molar-refractivity contribution < 1.29 is 19.0 Å². The molecule has 0 unspecified atom stereocenters. The van der Waals surface area contributed by atoms with E-state index in [1.54, 1.807) is 0 Å². The molecule has 0 aliphatic rings. The van der Waals surface area contributed by atoms with Crippen LogP contribution in [0, 0.1) is 5.82 Å². The summed E-state index contributed by atoms with van der Waals surface area (Å²) in [5, 5.41) is 14.4. The maximum absolute atomic E-state index is 13.6. The number of aromatic amines is 1. The number of unbranched alkanes of at least 4 members (excludes halogenated alkanes) is 7. The SMILES string of the molecule is CCCCCCCCCCc1[nH]nc(OC(=O)O)c1F.